The first-order chi connectivity index (χ1) is 12.0. The van der Waals surface area contributed by atoms with Gasteiger partial charge in [0.15, 0.2) is 9.84 Å². The fourth-order valence-corrected chi connectivity index (χ4v) is 4.73. The molecule has 1 aliphatic heterocycles. The van der Waals surface area contributed by atoms with Gasteiger partial charge in [-0.1, -0.05) is 12.1 Å². The van der Waals surface area contributed by atoms with Crippen LogP contribution in [0.2, 0.25) is 0 Å². The van der Waals surface area contributed by atoms with Gasteiger partial charge in [-0.3, -0.25) is 4.90 Å². The Bertz CT molecular complexity index is 1020. The van der Waals surface area contributed by atoms with E-state index in [0.717, 1.165) is 38.0 Å². The third-order valence-electron chi connectivity index (χ3n) is 4.80. The molecule has 0 saturated carbocycles. The maximum atomic E-state index is 11.8. The fraction of sp³-hybridized carbons (Fsp3) is 0.316. The molecule has 4 nitrogen and oxygen atoms in total. The van der Waals surface area contributed by atoms with Crippen LogP contribution in [-0.4, -0.2) is 37.6 Å². The predicted octanol–water partition coefficient (Wildman–Crippen LogP) is 3.30. The van der Waals surface area contributed by atoms with E-state index in [9.17, 15) is 8.42 Å². The van der Waals surface area contributed by atoms with Crippen molar-refractivity contribution >= 4 is 31.4 Å². The minimum Gasteiger partial charge on any atom is -0.298 e. The molecule has 0 N–H and O–H groups in total. The molecule has 0 aliphatic carbocycles. The lowest BCUT2D eigenvalue weighted by Crippen LogP contribution is -2.25. The van der Waals surface area contributed by atoms with E-state index in [1.807, 2.05) is 17.6 Å². The van der Waals surface area contributed by atoms with Gasteiger partial charge in [-0.2, -0.15) is 0 Å². The van der Waals surface area contributed by atoms with Gasteiger partial charge in [0.25, 0.3) is 0 Å². The van der Waals surface area contributed by atoms with Crippen molar-refractivity contribution in [3.05, 3.63) is 58.6 Å². The van der Waals surface area contributed by atoms with Crippen LogP contribution in [0.4, 0.5) is 0 Å². The van der Waals surface area contributed by atoms with E-state index in [2.05, 4.69) is 28.1 Å². The molecule has 130 valence electrons. The lowest BCUT2D eigenvalue weighted by molar-refractivity contribution is 0.279. The summed E-state index contributed by atoms with van der Waals surface area (Å²) in [5.74, 6) is 0. The first-order valence-corrected chi connectivity index (χ1v) is 11.1. The minimum atomic E-state index is -3.15. The third kappa shape index (κ3) is 3.61. The van der Waals surface area contributed by atoms with Gasteiger partial charge < -0.3 is 0 Å². The zero-order valence-electron chi connectivity index (χ0n) is 14.1. The van der Waals surface area contributed by atoms with Crippen molar-refractivity contribution in [2.45, 2.75) is 24.3 Å². The Hall–Kier alpha value is -1.76. The smallest absolute Gasteiger partial charge is 0.175 e. The summed E-state index contributed by atoms with van der Waals surface area (Å²) in [5.41, 5.74) is 6.67. The van der Waals surface area contributed by atoms with Gasteiger partial charge in [0.2, 0.25) is 0 Å². The first kappa shape index (κ1) is 16.7. The highest BCUT2D eigenvalue weighted by molar-refractivity contribution is 7.90. The quantitative estimate of drug-likeness (QED) is 0.708. The molecule has 0 spiro atoms. The Morgan fingerprint density at radius 2 is 1.88 bits per heavy atom. The summed E-state index contributed by atoms with van der Waals surface area (Å²) in [4.78, 5) is 7.26. The lowest BCUT2D eigenvalue weighted by atomic mass is 10.0. The molecule has 0 atom stereocenters. The second-order valence-corrected chi connectivity index (χ2v) is 9.54. The SMILES string of the molecule is CS(=O)(=O)c1ccc2c(c1)CCN(Cc1ccc3scnc3c1)CC2. The fourth-order valence-electron chi connectivity index (χ4n) is 3.40. The molecule has 0 bridgehead atoms. The van der Waals surface area contributed by atoms with Gasteiger partial charge in [-0.15, -0.1) is 11.3 Å². The lowest BCUT2D eigenvalue weighted by Gasteiger charge is -2.19. The van der Waals surface area contributed by atoms with Crippen LogP contribution >= 0.6 is 11.3 Å². The van der Waals surface area contributed by atoms with E-state index in [-0.39, 0.29) is 0 Å². The Kier molecular flexibility index (Phi) is 4.35. The van der Waals surface area contributed by atoms with Gasteiger partial charge in [0, 0.05) is 25.9 Å². The Labute approximate surface area is 152 Å². The van der Waals surface area contributed by atoms with Crippen molar-refractivity contribution in [3.63, 3.8) is 0 Å². The number of fused-ring (bicyclic) bond motifs is 2. The van der Waals surface area contributed by atoms with E-state index >= 15 is 0 Å². The van der Waals surface area contributed by atoms with Gasteiger partial charge in [-0.25, -0.2) is 13.4 Å². The molecule has 0 radical (unpaired) electrons. The maximum absolute atomic E-state index is 11.8. The number of sulfone groups is 1. The largest absolute Gasteiger partial charge is 0.298 e. The molecule has 2 heterocycles. The van der Waals surface area contributed by atoms with Crippen LogP contribution in [0.5, 0.6) is 0 Å². The standard InChI is InChI=1S/C19H20N2O2S2/c1-25(22,23)17-4-3-15-6-8-21(9-7-16(15)11-17)12-14-2-5-19-18(10-14)20-13-24-19/h2-5,10-11,13H,6-9,12H2,1H3. The zero-order valence-corrected chi connectivity index (χ0v) is 15.7. The number of rotatable bonds is 3. The molecule has 0 amide bonds. The second-order valence-electron chi connectivity index (χ2n) is 6.63. The Morgan fingerprint density at radius 1 is 1.08 bits per heavy atom. The number of aromatic nitrogens is 1. The van der Waals surface area contributed by atoms with Crippen molar-refractivity contribution in [1.29, 1.82) is 0 Å². The molecule has 0 fully saturated rings. The van der Waals surface area contributed by atoms with Crippen LogP contribution in [-0.2, 0) is 29.2 Å². The second kappa shape index (κ2) is 6.52. The van der Waals surface area contributed by atoms with E-state index in [1.54, 1.807) is 17.4 Å². The summed E-state index contributed by atoms with van der Waals surface area (Å²) >= 11 is 1.67. The van der Waals surface area contributed by atoms with Crippen molar-refractivity contribution in [2.75, 3.05) is 19.3 Å². The average molecular weight is 373 g/mol. The third-order valence-corrected chi connectivity index (χ3v) is 6.72. The Balaban J connectivity index is 1.51. The number of benzene rings is 2. The monoisotopic (exact) mass is 372 g/mol. The first-order valence-electron chi connectivity index (χ1n) is 8.35. The molecule has 2 aromatic carbocycles. The van der Waals surface area contributed by atoms with Crippen molar-refractivity contribution in [3.8, 4) is 0 Å². The van der Waals surface area contributed by atoms with Gasteiger partial charge in [-0.05, 0) is 53.8 Å². The number of nitrogens with zero attached hydrogens (tertiary/aromatic N) is 2. The molecule has 25 heavy (non-hydrogen) atoms. The molecular weight excluding hydrogens is 352 g/mol. The summed E-state index contributed by atoms with van der Waals surface area (Å²) in [5, 5.41) is 0. The number of hydrogen-bond acceptors (Lipinski definition) is 5. The summed E-state index contributed by atoms with van der Waals surface area (Å²) < 4.78 is 24.8. The number of thiazole rings is 1. The predicted molar refractivity (Wildman–Crippen MR) is 102 cm³/mol. The average Bonchev–Trinajstić information content (AvgIpc) is 2.95. The molecular formula is C19H20N2O2S2. The van der Waals surface area contributed by atoms with E-state index in [1.165, 1.54) is 27.6 Å². The molecule has 4 rings (SSSR count). The summed E-state index contributed by atoms with van der Waals surface area (Å²) in [6.45, 7) is 2.83. The summed E-state index contributed by atoms with van der Waals surface area (Å²) in [6.07, 6.45) is 3.11. The van der Waals surface area contributed by atoms with Gasteiger partial charge >= 0.3 is 0 Å². The highest BCUT2D eigenvalue weighted by atomic mass is 32.2. The van der Waals surface area contributed by atoms with Crippen molar-refractivity contribution in [2.24, 2.45) is 0 Å². The van der Waals surface area contributed by atoms with Crippen molar-refractivity contribution in [1.82, 2.24) is 9.88 Å². The topological polar surface area (TPSA) is 50.3 Å². The molecule has 3 aromatic rings. The molecule has 1 aromatic heterocycles. The van der Waals surface area contributed by atoms with Crippen LogP contribution in [0, 0.1) is 0 Å². The van der Waals surface area contributed by atoms with Crippen LogP contribution < -0.4 is 0 Å². The summed E-state index contributed by atoms with van der Waals surface area (Å²) in [7, 11) is -3.15. The van der Waals surface area contributed by atoms with E-state index in [0.29, 0.717) is 4.90 Å². The van der Waals surface area contributed by atoms with Crippen LogP contribution in [0.15, 0.2) is 46.8 Å². The highest BCUT2D eigenvalue weighted by Gasteiger charge is 2.17. The molecule has 0 saturated heterocycles. The summed E-state index contributed by atoms with van der Waals surface area (Å²) in [6, 6.07) is 12.1. The van der Waals surface area contributed by atoms with Crippen LogP contribution in [0.1, 0.15) is 16.7 Å². The highest BCUT2D eigenvalue weighted by Crippen LogP contribution is 2.23. The minimum absolute atomic E-state index is 0.425. The van der Waals surface area contributed by atoms with Gasteiger partial charge in [0.1, 0.15) is 0 Å². The maximum Gasteiger partial charge on any atom is 0.175 e. The van der Waals surface area contributed by atoms with E-state index < -0.39 is 9.84 Å². The zero-order chi connectivity index (χ0) is 17.4. The number of hydrogen-bond donors (Lipinski definition) is 0. The molecule has 0 unspecified atom stereocenters. The Morgan fingerprint density at radius 3 is 2.68 bits per heavy atom. The van der Waals surface area contributed by atoms with Gasteiger partial charge in [0.05, 0.1) is 20.6 Å². The van der Waals surface area contributed by atoms with E-state index in [4.69, 9.17) is 0 Å². The van der Waals surface area contributed by atoms with Crippen LogP contribution in [0.25, 0.3) is 10.2 Å². The van der Waals surface area contributed by atoms with Crippen molar-refractivity contribution < 1.29 is 8.42 Å². The molecule has 1 aliphatic rings. The van der Waals surface area contributed by atoms with Crippen LogP contribution in [0.3, 0.4) is 0 Å². The normalized spacial score (nSPS) is 15.9. The molecule has 6 heteroatoms.